The van der Waals surface area contributed by atoms with Crippen molar-refractivity contribution >= 4 is 11.9 Å². The number of nitrogens with two attached hydrogens (primary N) is 2. The quantitative estimate of drug-likeness (QED) is 0.312. The second kappa shape index (κ2) is 11.6. The molecule has 0 amide bonds. The van der Waals surface area contributed by atoms with Gasteiger partial charge in [0.15, 0.2) is 0 Å². The zero-order valence-electron chi connectivity index (χ0n) is 25.9. The molecule has 0 saturated heterocycles. The molecule has 0 radical (unpaired) electrons. The lowest BCUT2D eigenvalue weighted by Gasteiger charge is -2.30. The van der Waals surface area contributed by atoms with Crippen LogP contribution in [0.25, 0.3) is 0 Å². The molecule has 1 aromatic carbocycles. The predicted molar refractivity (Wildman–Crippen MR) is 161 cm³/mol. The van der Waals surface area contributed by atoms with Crippen molar-refractivity contribution in [1.29, 1.82) is 0 Å². The Morgan fingerprint density at radius 3 is 1.28 bits per heavy atom. The average molecular weight is 637 g/mol. The molecule has 2 atom stereocenters. The van der Waals surface area contributed by atoms with E-state index in [9.17, 15) is 28.8 Å². The number of aromatic nitrogens is 4. The molecule has 46 heavy (non-hydrogen) atoms. The Labute approximate surface area is 260 Å². The molecule has 4 heterocycles. The Morgan fingerprint density at radius 1 is 0.652 bits per heavy atom. The molecule has 242 valence electrons. The van der Waals surface area contributed by atoms with Gasteiger partial charge in [-0.3, -0.25) is 27.9 Å². The summed E-state index contributed by atoms with van der Waals surface area (Å²) in [6.07, 6.45) is 0. The zero-order chi connectivity index (χ0) is 33.8. The summed E-state index contributed by atoms with van der Waals surface area (Å²) in [5, 5.41) is 0. The van der Waals surface area contributed by atoms with Crippen LogP contribution in [0.3, 0.4) is 0 Å². The summed E-state index contributed by atoms with van der Waals surface area (Å²) in [5.74, 6) is -4.94. The topological polar surface area (TPSA) is 211 Å². The number of esters is 2. The summed E-state index contributed by atoms with van der Waals surface area (Å²) < 4.78 is 25.7. The van der Waals surface area contributed by atoms with E-state index >= 15 is 0 Å². The summed E-state index contributed by atoms with van der Waals surface area (Å²) in [7, 11) is 5.38. The van der Waals surface area contributed by atoms with Crippen LogP contribution >= 0.6 is 0 Å². The van der Waals surface area contributed by atoms with E-state index in [1.165, 1.54) is 28.2 Å². The first-order chi connectivity index (χ1) is 21.8. The van der Waals surface area contributed by atoms with Crippen LogP contribution in [0.4, 0.5) is 0 Å². The minimum atomic E-state index is -1.14. The van der Waals surface area contributed by atoms with Crippen LogP contribution in [0.1, 0.15) is 47.9 Å². The summed E-state index contributed by atoms with van der Waals surface area (Å²) >= 11 is 0. The Kier molecular flexibility index (Phi) is 7.98. The molecular weight excluding hydrogens is 604 g/mol. The van der Waals surface area contributed by atoms with Gasteiger partial charge in [0.25, 0.3) is 11.1 Å². The fourth-order valence-electron chi connectivity index (χ4n) is 5.74. The maximum Gasteiger partial charge on any atom is 0.340 e. The number of ether oxygens (including phenoxy) is 4. The lowest BCUT2D eigenvalue weighted by Crippen LogP contribution is -2.43. The van der Waals surface area contributed by atoms with E-state index in [2.05, 4.69) is 0 Å². The Hall–Kier alpha value is -5.80. The zero-order valence-corrected chi connectivity index (χ0v) is 25.9. The third kappa shape index (κ3) is 4.69. The Morgan fingerprint density at radius 2 is 0.978 bits per heavy atom. The first kappa shape index (κ1) is 31.6. The molecule has 0 spiro atoms. The highest BCUT2D eigenvalue weighted by Gasteiger charge is 2.42. The molecule has 5 rings (SSSR count). The molecule has 2 aromatic heterocycles. The maximum absolute atomic E-state index is 13.5. The van der Waals surface area contributed by atoms with Gasteiger partial charge in [-0.25, -0.2) is 19.2 Å². The van der Waals surface area contributed by atoms with Crippen LogP contribution in [-0.4, -0.2) is 43.4 Å². The lowest BCUT2D eigenvalue weighted by molar-refractivity contribution is -0.140. The number of benzene rings is 1. The van der Waals surface area contributed by atoms with E-state index in [0.29, 0.717) is 11.1 Å². The molecule has 4 N–H and O–H groups in total. The largest absolute Gasteiger partial charge is 0.462 e. The number of hydrogen-bond donors (Lipinski definition) is 2. The smallest absolute Gasteiger partial charge is 0.340 e. The van der Waals surface area contributed by atoms with E-state index in [0.717, 1.165) is 18.3 Å². The first-order valence-electron chi connectivity index (χ1n) is 14.1. The lowest BCUT2D eigenvalue weighted by atomic mass is 9.81. The monoisotopic (exact) mass is 636 g/mol. The van der Waals surface area contributed by atoms with E-state index in [4.69, 9.17) is 30.4 Å². The van der Waals surface area contributed by atoms with Crippen molar-refractivity contribution in [2.24, 2.45) is 39.7 Å². The van der Waals surface area contributed by atoms with Crippen molar-refractivity contribution in [3.63, 3.8) is 0 Å². The fraction of sp³-hybridized carbons (Fsp3) is 0.333. The number of nitrogens with zero attached hydrogens (tertiary/aromatic N) is 4. The predicted octanol–water partition coefficient (Wildman–Crippen LogP) is -1.00. The molecule has 16 heteroatoms. The van der Waals surface area contributed by atoms with Crippen LogP contribution in [0.15, 0.2) is 66.4 Å². The van der Waals surface area contributed by atoms with Crippen molar-refractivity contribution in [2.45, 2.75) is 25.7 Å². The normalized spacial score (nSPS) is 17.1. The second-order valence-electron chi connectivity index (χ2n) is 10.6. The van der Waals surface area contributed by atoms with Gasteiger partial charge in [-0.15, -0.1) is 0 Å². The Bertz CT molecular complexity index is 1960. The summed E-state index contributed by atoms with van der Waals surface area (Å²) in [6, 6.07) is 6.25. The Balaban J connectivity index is 1.76. The standard InChI is InChI=1S/C30H32N6O10/c1-7-43-27(39)17-15(19-23(37)33(3)29(41)35(5)25(19)45-21(17)31)13-9-11-14(12-10-13)16-18(28(40)44-8-2)22(32)46-26-20(16)24(38)34(4)30(42)36(26)6/h9-12,15-16H,7-8,31-32H2,1-6H3. The van der Waals surface area contributed by atoms with Crippen molar-refractivity contribution in [2.75, 3.05) is 13.2 Å². The molecule has 2 aliphatic heterocycles. The summed E-state index contributed by atoms with van der Waals surface area (Å²) in [6.45, 7) is 3.21. The fourth-order valence-corrected chi connectivity index (χ4v) is 5.74. The van der Waals surface area contributed by atoms with E-state index in [1.54, 1.807) is 38.1 Å². The maximum atomic E-state index is 13.5. The number of hydrogen-bond acceptors (Lipinski definition) is 12. The van der Waals surface area contributed by atoms with Gasteiger partial charge in [-0.2, -0.15) is 0 Å². The van der Waals surface area contributed by atoms with Crippen molar-refractivity contribution in [3.05, 3.63) is 111 Å². The SMILES string of the molecule is CCOC(=O)C1=C(N)Oc2c(c(=O)n(C)c(=O)n2C)C1c1ccc(C2C(C(=O)OCC)=C(N)Oc3c2c(=O)n(C)c(=O)n3C)cc1. The van der Waals surface area contributed by atoms with Crippen LogP contribution in [0.5, 0.6) is 11.8 Å². The molecule has 2 aliphatic rings. The molecule has 16 nitrogen and oxygen atoms in total. The van der Waals surface area contributed by atoms with Gasteiger partial charge in [-0.1, -0.05) is 24.3 Å². The molecule has 2 unspecified atom stereocenters. The van der Waals surface area contributed by atoms with Crippen molar-refractivity contribution < 1.29 is 28.5 Å². The first-order valence-corrected chi connectivity index (χ1v) is 14.1. The highest BCUT2D eigenvalue weighted by Crippen LogP contribution is 2.43. The van der Waals surface area contributed by atoms with Crippen LogP contribution in [0, 0.1) is 0 Å². The minimum absolute atomic E-state index is 0.00439. The molecule has 0 aliphatic carbocycles. The van der Waals surface area contributed by atoms with Gasteiger partial charge in [-0.05, 0) is 25.0 Å². The van der Waals surface area contributed by atoms with Crippen LogP contribution in [-0.2, 0) is 47.3 Å². The van der Waals surface area contributed by atoms with Crippen LogP contribution < -0.4 is 43.4 Å². The summed E-state index contributed by atoms with van der Waals surface area (Å²) in [5.41, 5.74) is 9.96. The number of carbonyl (C=O) groups is 2. The van der Waals surface area contributed by atoms with E-state index in [-0.39, 0.29) is 59.0 Å². The van der Waals surface area contributed by atoms with Gasteiger partial charge in [0, 0.05) is 28.2 Å². The third-order valence-corrected chi connectivity index (χ3v) is 7.98. The number of rotatable bonds is 6. The molecule has 3 aromatic rings. The van der Waals surface area contributed by atoms with Gasteiger partial charge in [0.1, 0.15) is 11.1 Å². The summed E-state index contributed by atoms with van der Waals surface area (Å²) in [4.78, 5) is 78.7. The molecule has 0 saturated carbocycles. The molecule has 0 bridgehead atoms. The van der Waals surface area contributed by atoms with Crippen molar-refractivity contribution in [3.8, 4) is 11.8 Å². The average Bonchev–Trinajstić information content (AvgIpc) is 3.03. The van der Waals surface area contributed by atoms with Crippen molar-refractivity contribution in [1.82, 2.24) is 18.3 Å². The van der Waals surface area contributed by atoms with Gasteiger partial charge in [0.2, 0.25) is 23.5 Å². The number of fused-ring (bicyclic) bond motifs is 2. The van der Waals surface area contributed by atoms with Gasteiger partial charge in [0.05, 0.1) is 36.2 Å². The third-order valence-electron chi connectivity index (χ3n) is 7.98. The number of carbonyl (C=O) groups excluding carboxylic acids is 2. The van der Waals surface area contributed by atoms with Gasteiger partial charge < -0.3 is 30.4 Å². The van der Waals surface area contributed by atoms with Crippen LogP contribution in [0.2, 0.25) is 0 Å². The highest BCUT2D eigenvalue weighted by atomic mass is 16.5. The molecular formula is C30H32N6O10. The highest BCUT2D eigenvalue weighted by molar-refractivity contribution is 5.93. The second-order valence-corrected chi connectivity index (χ2v) is 10.6. The van der Waals surface area contributed by atoms with E-state index < -0.39 is 46.3 Å². The molecule has 0 fully saturated rings. The van der Waals surface area contributed by atoms with Gasteiger partial charge >= 0.3 is 23.3 Å². The van der Waals surface area contributed by atoms with E-state index in [1.807, 2.05) is 0 Å². The minimum Gasteiger partial charge on any atom is -0.462 e.